The van der Waals surface area contributed by atoms with Gasteiger partial charge in [-0.3, -0.25) is 18.6 Å². The molecular weight excluding hydrogens is 532 g/mol. The van der Waals surface area contributed by atoms with Crippen LogP contribution in [0.4, 0.5) is 0 Å². The number of aryl methyl sites for hydroxylation is 1. The van der Waals surface area contributed by atoms with E-state index in [0.29, 0.717) is 31.7 Å². The average Bonchev–Trinajstić information content (AvgIpc) is 3.27. The van der Waals surface area contributed by atoms with Crippen molar-refractivity contribution in [1.29, 1.82) is 0 Å². The van der Waals surface area contributed by atoms with Crippen molar-refractivity contribution in [3.63, 3.8) is 0 Å². The molecule has 0 bridgehead atoms. The molecule has 0 aliphatic heterocycles. The van der Waals surface area contributed by atoms with Crippen LogP contribution in [-0.4, -0.2) is 27.0 Å². The molecular formula is C22H18BrClN4O4S. The van der Waals surface area contributed by atoms with E-state index in [1.807, 2.05) is 0 Å². The second-order valence-electron chi connectivity index (χ2n) is 7.21. The predicted octanol–water partition coefficient (Wildman–Crippen LogP) is 3.63. The van der Waals surface area contributed by atoms with Crippen LogP contribution in [0.1, 0.15) is 26.4 Å². The van der Waals surface area contributed by atoms with Crippen LogP contribution in [0.2, 0.25) is 5.02 Å². The quantitative estimate of drug-likeness (QED) is 0.396. The van der Waals surface area contributed by atoms with Gasteiger partial charge < -0.3 is 10.1 Å². The number of nitrogens with zero attached hydrogens (tertiary/aromatic N) is 3. The summed E-state index contributed by atoms with van der Waals surface area (Å²) in [5, 5.41) is 3.29. The fourth-order valence-electron chi connectivity index (χ4n) is 3.24. The summed E-state index contributed by atoms with van der Waals surface area (Å²) < 4.78 is 8.22. The van der Waals surface area contributed by atoms with Gasteiger partial charge in [-0.2, -0.15) is 0 Å². The Hall–Kier alpha value is -2.95. The van der Waals surface area contributed by atoms with Gasteiger partial charge in [-0.15, -0.1) is 11.3 Å². The molecule has 4 aromatic rings. The van der Waals surface area contributed by atoms with Gasteiger partial charge in [0.1, 0.15) is 9.71 Å². The Morgan fingerprint density at radius 3 is 2.67 bits per heavy atom. The summed E-state index contributed by atoms with van der Waals surface area (Å²) in [7, 11) is 1.53. The zero-order valence-electron chi connectivity index (χ0n) is 17.6. The Kier molecular flexibility index (Phi) is 6.68. The highest BCUT2D eigenvalue weighted by molar-refractivity contribution is 9.10. The second kappa shape index (κ2) is 9.50. The molecule has 4 rings (SSSR count). The minimum atomic E-state index is -0.519. The van der Waals surface area contributed by atoms with E-state index >= 15 is 0 Å². The third kappa shape index (κ3) is 4.73. The van der Waals surface area contributed by atoms with Crippen molar-refractivity contribution in [2.75, 3.05) is 7.11 Å². The molecule has 0 saturated heterocycles. The number of methoxy groups -OCH3 is 1. The monoisotopic (exact) mass is 548 g/mol. The summed E-state index contributed by atoms with van der Waals surface area (Å²) in [5.41, 5.74) is 0.974. The highest BCUT2D eigenvalue weighted by Crippen LogP contribution is 2.23. The molecule has 170 valence electrons. The molecule has 0 spiro atoms. The number of hydrogen-bond donors (Lipinski definition) is 1. The molecule has 0 aliphatic carbocycles. The number of hydrogen-bond acceptors (Lipinski definition) is 6. The number of fused-ring (bicyclic) bond motifs is 1. The van der Waals surface area contributed by atoms with Crippen LogP contribution in [0, 0.1) is 6.92 Å². The number of nitrogens with one attached hydrogen (secondary N) is 1. The number of thiazole rings is 1. The van der Waals surface area contributed by atoms with Crippen LogP contribution < -0.4 is 21.3 Å². The van der Waals surface area contributed by atoms with Crippen LogP contribution in [-0.2, 0) is 13.1 Å². The number of rotatable bonds is 6. The van der Waals surface area contributed by atoms with Crippen molar-refractivity contribution >= 4 is 49.6 Å². The van der Waals surface area contributed by atoms with Gasteiger partial charge in [-0.05, 0) is 46.1 Å². The molecule has 0 radical (unpaired) electrons. The van der Waals surface area contributed by atoms with Crippen molar-refractivity contribution in [1.82, 2.24) is 19.3 Å². The van der Waals surface area contributed by atoms with E-state index in [9.17, 15) is 14.4 Å². The molecule has 33 heavy (non-hydrogen) atoms. The van der Waals surface area contributed by atoms with Crippen molar-refractivity contribution < 1.29 is 9.53 Å². The summed E-state index contributed by atoms with van der Waals surface area (Å²) in [6.07, 6.45) is 3.07. The first kappa shape index (κ1) is 23.2. The molecule has 3 aromatic heterocycles. The Labute approximate surface area is 205 Å². The minimum Gasteiger partial charge on any atom is -0.481 e. The maximum Gasteiger partial charge on any atom is 0.336 e. The molecule has 0 atom stereocenters. The number of benzene rings is 1. The summed E-state index contributed by atoms with van der Waals surface area (Å²) >= 11 is 10.6. The fourth-order valence-corrected chi connectivity index (χ4v) is 4.69. The zero-order valence-corrected chi connectivity index (χ0v) is 20.8. The predicted molar refractivity (Wildman–Crippen MR) is 131 cm³/mol. The third-order valence-electron chi connectivity index (χ3n) is 5.00. The molecule has 1 N–H and O–H groups in total. The molecule has 0 unspecified atom stereocenters. The topological polar surface area (TPSA) is 94.7 Å². The van der Waals surface area contributed by atoms with E-state index in [4.69, 9.17) is 16.3 Å². The first-order valence-electron chi connectivity index (χ1n) is 9.75. The maximum absolute atomic E-state index is 13.1. The molecule has 1 aromatic carbocycles. The van der Waals surface area contributed by atoms with E-state index in [1.165, 1.54) is 17.7 Å². The highest BCUT2D eigenvalue weighted by Gasteiger charge is 2.18. The normalized spacial score (nSPS) is 11.0. The number of aromatic nitrogens is 3. The Morgan fingerprint density at radius 2 is 2.00 bits per heavy atom. The summed E-state index contributed by atoms with van der Waals surface area (Å²) in [6.45, 7) is 1.97. The van der Waals surface area contributed by atoms with Gasteiger partial charge in [0, 0.05) is 35.0 Å². The van der Waals surface area contributed by atoms with Gasteiger partial charge in [0.25, 0.3) is 11.5 Å². The van der Waals surface area contributed by atoms with Gasteiger partial charge >= 0.3 is 5.69 Å². The SMILES string of the molecule is COc1ccc(CNC(=O)c2cn3c(=O)n(Cc4ccc(Br)c(Cl)c4)c(=O)c(C)c3s2)cn1. The number of halogens is 2. The van der Waals surface area contributed by atoms with E-state index in [1.54, 1.807) is 43.5 Å². The van der Waals surface area contributed by atoms with E-state index in [0.717, 1.165) is 25.9 Å². The standard InChI is InChI=1S/C22H18BrClN4O4S/c1-12-20(30)27(10-13-3-5-15(23)16(24)7-13)22(31)28-11-17(33-21(12)28)19(29)26-9-14-4-6-18(32-2)25-8-14/h3-8,11H,9-10H2,1-2H3,(H,26,29). The van der Waals surface area contributed by atoms with Gasteiger partial charge in [-0.1, -0.05) is 23.7 Å². The van der Waals surface area contributed by atoms with Crippen LogP contribution >= 0.6 is 38.9 Å². The minimum absolute atomic E-state index is 0.0658. The summed E-state index contributed by atoms with van der Waals surface area (Å²) in [6, 6.07) is 8.75. The maximum atomic E-state index is 13.1. The lowest BCUT2D eigenvalue weighted by Crippen LogP contribution is -2.38. The Morgan fingerprint density at radius 1 is 1.24 bits per heavy atom. The highest BCUT2D eigenvalue weighted by atomic mass is 79.9. The van der Waals surface area contributed by atoms with Crippen molar-refractivity contribution in [2.45, 2.75) is 20.0 Å². The molecule has 0 saturated carbocycles. The Balaban J connectivity index is 1.62. The van der Waals surface area contributed by atoms with Gasteiger partial charge in [0.05, 0.1) is 18.7 Å². The smallest absolute Gasteiger partial charge is 0.336 e. The molecule has 0 aliphatic rings. The summed E-state index contributed by atoms with van der Waals surface area (Å²) in [4.78, 5) is 43.5. The number of pyridine rings is 1. The molecule has 1 amide bonds. The number of carbonyl (C=O) groups excluding carboxylic acids is 1. The largest absolute Gasteiger partial charge is 0.481 e. The lowest BCUT2D eigenvalue weighted by Gasteiger charge is -2.08. The first-order chi connectivity index (χ1) is 15.8. The van der Waals surface area contributed by atoms with Gasteiger partial charge in [0.2, 0.25) is 5.88 Å². The molecule has 8 nitrogen and oxygen atoms in total. The van der Waals surface area contributed by atoms with E-state index < -0.39 is 11.2 Å². The van der Waals surface area contributed by atoms with Crippen LogP contribution in [0.25, 0.3) is 4.83 Å². The number of carbonyl (C=O) groups is 1. The van der Waals surface area contributed by atoms with Gasteiger partial charge in [0.15, 0.2) is 0 Å². The lowest BCUT2D eigenvalue weighted by atomic mass is 10.2. The van der Waals surface area contributed by atoms with Crippen LogP contribution in [0.5, 0.6) is 5.88 Å². The van der Waals surface area contributed by atoms with Crippen molar-refractivity contribution in [2.24, 2.45) is 0 Å². The molecule has 11 heteroatoms. The van der Waals surface area contributed by atoms with Gasteiger partial charge in [-0.25, -0.2) is 9.78 Å². The van der Waals surface area contributed by atoms with E-state index in [2.05, 4.69) is 26.2 Å². The van der Waals surface area contributed by atoms with Crippen LogP contribution in [0.15, 0.2) is 56.8 Å². The second-order valence-corrected chi connectivity index (χ2v) is 9.50. The molecule has 0 fully saturated rings. The molecule has 3 heterocycles. The van der Waals surface area contributed by atoms with E-state index in [-0.39, 0.29) is 19.0 Å². The first-order valence-corrected chi connectivity index (χ1v) is 11.7. The third-order valence-corrected chi connectivity index (χ3v) is 7.44. The fraction of sp³-hybridized carbons (Fsp3) is 0.182. The van der Waals surface area contributed by atoms with Crippen molar-refractivity contribution in [3.05, 3.63) is 94.6 Å². The lowest BCUT2D eigenvalue weighted by molar-refractivity contribution is 0.0954. The number of amides is 1. The number of ether oxygens (including phenoxy) is 1. The van der Waals surface area contributed by atoms with Crippen LogP contribution in [0.3, 0.4) is 0 Å². The summed E-state index contributed by atoms with van der Waals surface area (Å²) in [5.74, 6) is 0.133. The average molecular weight is 550 g/mol. The Bertz CT molecular complexity index is 1480. The zero-order chi connectivity index (χ0) is 23.7. The van der Waals surface area contributed by atoms with Crippen molar-refractivity contribution in [3.8, 4) is 5.88 Å².